The van der Waals surface area contributed by atoms with Gasteiger partial charge in [-0.15, -0.1) is 0 Å². The summed E-state index contributed by atoms with van der Waals surface area (Å²) in [6.07, 6.45) is 2.17. The number of hydroxylamine groups is 1. The van der Waals surface area contributed by atoms with E-state index in [1.54, 1.807) is 18.2 Å². The zero-order valence-electron chi connectivity index (χ0n) is 15.5. The summed E-state index contributed by atoms with van der Waals surface area (Å²) < 4.78 is 10.8. The van der Waals surface area contributed by atoms with Crippen LogP contribution < -0.4 is 10.1 Å². The predicted molar refractivity (Wildman–Crippen MR) is 97.7 cm³/mol. The van der Waals surface area contributed by atoms with Gasteiger partial charge >= 0.3 is 6.08 Å². The van der Waals surface area contributed by atoms with Crippen molar-refractivity contribution in [3.63, 3.8) is 0 Å². The van der Waals surface area contributed by atoms with E-state index in [1.807, 2.05) is 27.7 Å². The van der Waals surface area contributed by atoms with E-state index in [0.29, 0.717) is 30.7 Å². The van der Waals surface area contributed by atoms with E-state index >= 15 is 0 Å². The number of ether oxygens (including phenoxy) is 2. The predicted octanol–water partition coefficient (Wildman–Crippen LogP) is 2.75. The van der Waals surface area contributed by atoms with Gasteiger partial charge in [0.05, 0.1) is 24.1 Å². The Balaban J connectivity index is 2.20. The van der Waals surface area contributed by atoms with Crippen molar-refractivity contribution >= 4 is 30.2 Å². The maximum atomic E-state index is 11.3. The lowest BCUT2D eigenvalue weighted by Gasteiger charge is -2.21. The standard InChI is InChI=1S/C18H25N3O5/c1-5-6-9-24-20(12-23)16-8-7-15(10-14(16)4)21-17(11-22)26-18(19-21)25-13(2)3/h7-8,10-13,17H,5-6,9H2,1-4H3. The molecule has 0 aromatic heterocycles. The van der Waals surface area contributed by atoms with E-state index in [9.17, 15) is 9.59 Å². The van der Waals surface area contributed by atoms with Gasteiger partial charge in [-0.1, -0.05) is 18.4 Å². The zero-order valence-corrected chi connectivity index (χ0v) is 15.5. The summed E-state index contributed by atoms with van der Waals surface area (Å²) in [6.45, 7) is 8.05. The van der Waals surface area contributed by atoms with Crippen molar-refractivity contribution in [2.75, 3.05) is 16.7 Å². The molecule has 1 aliphatic rings. The van der Waals surface area contributed by atoms with E-state index in [-0.39, 0.29) is 12.2 Å². The van der Waals surface area contributed by atoms with Gasteiger partial charge in [0, 0.05) is 0 Å². The van der Waals surface area contributed by atoms with Gasteiger partial charge in [0.15, 0.2) is 6.29 Å². The number of unbranched alkanes of at least 4 members (excludes halogenated alkanes) is 1. The molecule has 1 heterocycles. The molecule has 8 nitrogen and oxygen atoms in total. The number of amides is 1. The Kier molecular flexibility index (Phi) is 6.97. The summed E-state index contributed by atoms with van der Waals surface area (Å²) in [5.74, 6) is 0. The van der Waals surface area contributed by atoms with Crippen LogP contribution in [0.25, 0.3) is 0 Å². The minimum absolute atomic E-state index is 0.0521. The smallest absolute Gasteiger partial charge is 0.408 e. The van der Waals surface area contributed by atoms with Crippen molar-refractivity contribution in [3.8, 4) is 0 Å². The molecule has 2 rings (SSSR count). The molecule has 0 radical (unpaired) electrons. The van der Waals surface area contributed by atoms with Crippen LogP contribution in [-0.2, 0) is 23.9 Å². The normalized spacial score (nSPS) is 16.3. The third-order valence-corrected chi connectivity index (χ3v) is 3.61. The number of nitrogens with zero attached hydrogens (tertiary/aromatic N) is 3. The summed E-state index contributed by atoms with van der Waals surface area (Å²) in [4.78, 5) is 28.1. The highest BCUT2D eigenvalue weighted by Crippen LogP contribution is 2.29. The van der Waals surface area contributed by atoms with Gasteiger partial charge in [-0.2, -0.15) is 5.06 Å². The summed E-state index contributed by atoms with van der Waals surface area (Å²) in [5, 5.41) is 6.85. The lowest BCUT2D eigenvalue weighted by atomic mass is 10.1. The zero-order chi connectivity index (χ0) is 19.1. The molecule has 0 N–H and O–H groups in total. The summed E-state index contributed by atoms with van der Waals surface area (Å²) in [7, 11) is 0. The van der Waals surface area contributed by atoms with Crippen molar-refractivity contribution in [1.82, 2.24) is 0 Å². The molecule has 0 saturated heterocycles. The fourth-order valence-corrected chi connectivity index (χ4v) is 2.36. The molecule has 26 heavy (non-hydrogen) atoms. The van der Waals surface area contributed by atoms with Crippen molar-refractivity contribution in [3.05, 3.63) is 23.8 Å². The first-order chi connectivity index (χ1) is 12.5. The number of carbonyl (C=O) groups is 2. The number of anilines is 2. The van der Waals surface area contributed by atoms with E-state index in [1.165, 1.54) is 10.1 Å². The maximum absolute atomic E-state index is 11.3. The SMILES string of the molecule is CCCCON(C=O)c1ccc(N2N=C(OC(C)C)OC2C=O)cc1C. The van der Waals surface area contributed by atoms with Crippen molar-refractivity contribution in [2.24, 2.45) is 5.10 Å². The van der Waals surface area contributed by atoms with Crippen LogP contribution in [0.2, 0.25) is 0 Å². The summed E-state index contributed by atoms with van der Waals surface area (Å²) >= 11 is 0. The van der Waals surface area contributed by atoms with E-state index in [4.69, 9.17) is 14.3 Å². The van der Waals surface area contributed by atoms with Gasteiger partial charge in [-0.3, -0.25) is 14.4 Å². The second kappa shape index (κ2) is 9.19. The van der Waals surface area contributed by atoms with Gasteiger partial charge in [-0.25, -0.2) is 5.01 Å². The van der Waals surface area contributed by atoms with E-state index in [0.717, 1.165) is 18.4 Å². The van der Waals surface area contributed by atoms with Gasteiger partial charge in [0.25, 0.3) is 6.23 Å². The van der Waals surface area contributed by atoms with Crippen LogP contribution in [0.4, 0.5) is 11.4 Å². The highest BCUT2D eigenvalue weighted by atomic mass is 16.7. The number of rotatable bonds is 9. The van der Waals surface area contributed by atoms with Crippen molar-refractivity contribution in [2.45, 2.75) is 52.9 Å². The van der Waals surface area contributed by atoms with E-state index < -0.39 is 6.23 Å². The molecule has 8 heteroatoms. The quantitative estimate of drug-likeness (QED) is 0.381. The Hall–Kier alpha value is -2.61. The highest BCUT2D eigenvalue weighted by molar-refractivity contribution is 5.80. The first-order valence-corrected chi connectivity index (χ1v) is 8.64. The minimum atomic E-state index is -0.892. The van der Waals surface area contributed by atoms with Gasteiger partial charge in [0.2, 0.25) is 6.41 Å². The summed E-state index contributed by atoms with van der Waals surface area (Å²) in [6, 6.07) is 5.28. The number of carbonyl (C=O) groups excluding carboxylic acids is 2. The maximum Gasteiger partial charge on any atom is 0.408 e. The fourth-order valence-electron chi connectivity index (χ4n) is 2.36. The molecule has 0 saturated carbocycles. The molecule has 142 valence electrons. The number of hydrogen-bond acceptors (Lipinski definition) is 7. The fraction of sp³-hybridized carbons (Fsp3) is 0.500. The number of hydrogen-bond donors (Lipinski definition) is 0. The number of aldehydes is 1. The van der Waals surface area contributed by atoms with Crippen LogP contribution in [0.1, 0.15) is 39.2 Å². The molecule has 1 atom stereocenters. The third kappa shape index (κ3) is 4.72. The third-order valence-electron chi connectivity index (χ3n) is 3.61. The van der Waals surface area contributed by atoms with Crippen LogP contribution >= 0.6 is 0 Å². The van der Waals surface area contributed by atoms with Crippen LogP contribution in [0.3, 0.4) is 0 Å². The Morgan fingerprint density at radius 2 is 2.15 bits per heavy atom. The molecule has 0 fully saturated rings. The monoisotopic (exact) mass is 363 g/mol. The lowest BCUT2D eigenvalue weighted by molar-refractivity contribution is -0.114. The van der Waals surface area contributed by atoms with Crippen LogP contribution in [0.15, 0.2) is 23.3 Å². The Labute approximate surface area is 153 Å². The molecule has 1 aliphatic heterocycles. The second-order valence-electron chi connectivity index (χ2n) is 6.11. The largest absolute Gasteiger partial charge is 0.447 e. The average molecular weight is 363 g/mol. The highest BCUT2D eigenvalue weighted by Gasteiger charge is 2.31. The van der Waals surface area contributed by atoms with Gasteiger partial charge in [-0.05, 0) is 51.0 Å². The Morgan fingerprint density at radius 3 is 2.73 bits per heavy atom. The average Bonchev–Trinajstić information content (AvgIpc) is 3.01. The molecule has 0 aliphatic carbocycles. The Bertz CT molecular complexity index is 662. The van der Waals surface area contributed by atoms with Crippen LogP contribution in [-0.4, -0.2) is 37.7 Å². The topological polar surface area (TPSA) is 80.7 Å². The van der Waals surface area contributed by atoms with Crippen LogP contribution in [0, 0.1) is 6.92 Å². The number of aryl methyl sites for hydroxylation is 1. The minimum Gasteiger partial charge on any atom is -0.447 e. The molecule has 1 aromatic carbocycles. The van der Waals surface area contributed by atoms with Crippen molar-refractivity contribution < 1.29 is 23.9 Å². The molecule has 0 spiro atoms. The molecular formula is C18H25N3O5. The second-order valence-corrected chi connectivity index (χ2v) is 6.11. The lowest BCUT2D eigenvalue weighted by Crippen LogP contribution is -2.30. The first kappa shape index (κ1) is 19.7. The summed E-state index contributed by atoms with van der Waals surface area (Å²) in [5.41, 5.74) is 2.07. The Morgan fingerprint density at radius 1 is 1.38 bits per heavy atom. The number of benzene rings is 1. The molecule has 1 amide bonds. The molecular weight excluding hydrogens is 338 g/mol. The first-order valence-electron chi connectivity index (χ1n) is 8.64. The molecule has 1 unspecified atom stereocenters. The van der Waals surface area contributed by atoms with Gasteiger partial charge in [0.1, 0.15) is 0 Å². The van der Waals surface area contributed by atoms with Gasteiger partial charge < -0.3 is 9.47 Å². The number of hydrazone groups is 1. The van der Waals surface area contributed by atoms with Crippen molar-refractivity contribution in [1.29, 1.82) is 0 Å². The molecule has 1 aromatic rings. The molecule has 0 bridgehead atoms. The van der Waals surface area contributed by atoms with E-state index in [2.05, 4.69) is 5.10 Å². The van der Waals surface area contributed by atoms with Crippen LogP contribution in [0.5, 0.6) is 0 Å².